The van der Waals surface area contributed by atoms with Crippen molar-refractivity contribution in [3.05, 3.63) is 59.9 Å². The van der Waals surface area contributed by atoms with Crippen LogP contribution in [0, 0.1) is 0 Å². The van der Waals surface area contributed by atoms with Crippen molar-refractivity contribution in [3.63, 3.8) is 0 Å². The third-order valence-electron chi connectivity index (χ3n) is 4.42. The lowest BCUT2D eigenvalue weighted by atomic mass is 10.0. The Balaban J connectivity index is 0.000000347. The molecule has 0 bridgehead atoms. The number of anilines is 2. The number of nitrogens with zero attached hydrogens (tertiary/aromatic N) is 2. The maximum absolute atomic E-state index is 4.50. The average molecular weight is 350 g/mol. The molecule has 128 valence electrons. The van der Waals surface area contributed by atoms with Gasteiger partial charge in [-0.05, 0) is 49.6 Å². The molecule has 0 saturated heterocycles. The normalized spacial score (nSPS) is 15.9. The predicted octanol–water partition coefficient (Wildman–Crippen LogP) is 4.10. The fourth-order valence-corrected chi connectivity index (χ4v) is 3.02. The second-order valence-electron chi connectivity index (χ2n) is 6.50. The van der Waals surface area contributed by atoms with Crippen LogP contribution in [0.5, 0.6) is 0 Å². The highest BCUT2D eigenvalue weighted by atomic mass is 32.1. The lowest BCUT2D eigenvalue weighted by molar-refractivity contribution is 0.642. The number of pyridine rings is 2. The van der Waals surface area contributed by atoms with Gasteiger partial charge in [0.25, 0.3) is 0 Å². The van der Waals surface area contributed by atoms with Gasteiger partial charge < -0.3 is 10.6 Å². The number of para-hydroxylation sites is 1. The number of aromatic nitrogens is 2. The molecule has 1 aliphatic carbocycles. The Morgan fingerprint density at radius 3 is 2.80 bits per heavy atom. The van der Waals surface area contributed by atoms with Gasteiger partial charge in [-0.1, -0.05) is 18.2 Å². The van der Waals surface area contributed by atoms with Gasteiger partial charge in [0.15, 0.2) is 0 Å². The molecule has 25 heavy (non-hydrogen) atoms. The van der Waals surface area contributed by atoms with E-state index in [9.17, 15) is 0 Å². The van der Waals surface area contributed by atoms with Crippen molar-refractivity contribution in [2.75, 3.05) is 11.9 Å². The van der Waals surface area contributed by atoms with Crippen LogP contribution in [0.25, 0.3) is 10.9 Å². The summed E-state index contributed by atoms with van der Waals surface area (Å²) in [7, 11) is 0. The molecule has 1 aliphatic heterocycles. The van der Waals surface area contributed by atoms with E-state index in [4.69, 9.17) is 0 Å². The van der Waals surface area contributed by atoms with Crippen molar-refractivity contribution >= 4 is 35.0 Å². The highest BCUT2D eigenvalue weighted by Crippen LogP contribution is 2.25. The molecule has 2 aliphatic rings. The van der Waals surface area contributed by atoms with Crippen LogP contribution >= 0.6 is 12.6 Å². The minimum Gasteiger partial charge on any atom is -0.339 e. The lowest BCUT2D eigenvalue weighted by Crippen LogP contribution is -2.24. The second kappa shape index (κ2) is 7.42. The topological polar surface area (TPSA) is 49.8 Å². The van der Waals surface area contributed by atoms with E-state index in [1.165, 1.54) is 24.0 Å². The molecule has 1 saturated carbocycles. The van der Waals surface area contributed by atoms with Gasteiger partial charge in [-0.2, -0.15) is 12.6 Å². The Morgan fingerprint density at radius 1 is 1.12 bits per heavy atom. The van der Waals surface area contributed by atoms with Gasteiger partial charge in [0.2, 0.25) is 0 Å². The first-order valence-electron chi connectivity index (χ1n) is 8.77. The van der Waals surface area contributed by atoms with E-state index in [2.05, 4.69) is 51.4 Å². The Hall–Kier alpha value is -2.11. The minimum absolute atomic E-state index is 0.778. The molecule has 4 nitrogen and oxygen atoms in total. The van der Waals surface area contributed by atoms with E-state index in [-0.39, 0.29) is 0 Å². The molecule has 1 aromatic carbocycles. The van der Waals surface area contributed by atoms with Crippen molar-refractivity contribution in [2.45, 2.75) is 31.1 Å². The summed E-state index contributed by atoms with van der Waals surface area (Å²) in [5.41, 5.74) is 4.63. The molecule has 3 heterocycles. The van der Waals surface area contributed by atoms with Crippen LogP contribution in [-0.2, 0) is 13.0 Å². The van der Waals surface area contributed by atoms with Crippen LogP contribution in [-0.4, -0.2) is 21.8 Å². The van der Waals surface area contributed by atoms with Gasteiger partial charge in [-0.15, -0.1) is 0 Å². The number of hydrogen-bond acceptors (Lipinski definition) is 5. The quantitative estimate of drug-likeness (QED) is 0.609. The van der Waals surface area contributed by atoms with Crippen LogP contribution in [0.15, 0.2) is 48.8 Å². The third kappa shape index (κ3) is 4.11. The summed E-state index contributed by atoms with van der Waals surface area (Å²) in [6.45, 7) is 1.92. The number of hydrogen-bond donors (Lipinski definition) is 3. The van der Waals surface area contributed by atoms with E-state index >= 15 is 0 Å². The van der Waals surface area contributed by atoms with Crippen LogP contribution < -0.4 is 10.6 Å². The molecule has 2 N–H and O–H groups in total. The van der Waals surface area contributed by atoms with Gasteiger partial charge in [-0.3, -0.25) is 4.98 Å². The lowest BCUT2D eigenvalue weighted by Gasteiger charge is -2.20. The summed E-state index contributed by atoms with van der Waals surface area (Å²) >= 11 is 4.08. The molecule has 0 amide bonds. The number of fused-ring (bicyclic) bond motifs is 2. The summed E-state index contributed by atoms with van der Waals surface area (Å²) in [4.78, 5) is 8.99. The van der Waals surface area contributed by atoms with E-state index in [0.29, 0.717) is 0 Å². The Bertz CT molecular complexity index is 876. The fourth-order valence-electron chi connectivity index (χ4n) is 2.87. The molecule has 1 fully saturated rings. The van der Waals surface area contributed by atoms with Crippen LogP contribution in [0.1, 0.15) is 24.0 Å². The Kier molecular flexibility index (Phi) is 4.85. The number of nitrogens with one attached hydrogen (secondary N) is 2. The maximum Gasteiger partial charge on any atom is 0.133 e. The second-order valence-corrected chi connectivity index (χ2v) is 7.23. The van der Waals surface area contributed by atoms with E-state index in [1.54, 1.807) is 0 Å². The molecule has 0 unspecified atom stereocenters. The van der Waals surface area contributed by atoms with Crippen molar-refractivity contribution in [3.8, 4) is 0 Å². The molecular weight excluding hydrogens is 328 g/mol. The minimum atomic E-state index is 0.778. The Labute approximate surface area is 153 Å². The summed E-state index contributed by atoms with van der Waals surface area (Å²) in [6.07, 6.45) is 7.44. The molecular formula is C20H22N4S. The highest BCUT2D eigenvalue weighted by Gasteiger charge is 2.14. The van der Waals surface area contributed by atoms with E-state index < -0.39 is 0 Å². The van der Waals surface area contributed by atoms with Crippen molar-refractivity contribution in [1.82, 2.24) is 15.3 Å². The third-order valence-corrected chi connectivity index (χ3v) is 4.94. The first-order valence-corrected chi connectivity index (χ1v) is 9.28. The zero-order valence-electron chi connectivity index (χ0n) is 14.1. The van der Waals surface area contributed by atoms with Crippen LogP contribution in [0.2, 0.25) is 0 Å². The molecule has 0 atom stereocenters. The number of rotatable bonds is 2. The smallest absolute Gasteiger partial charge is 0.133 e. The zero-order valence-corrected chi connectivity index (χ0v) is 15.0. The molecule has 2 aromatic heterocycles. The summed E-state index contributed by atoms with van der Waals surface area (Å²) in [6, 6.07) is 12.3. The first-order chi connectivity index (χ1) is 12.3. The first kappa shape index (κ1) is 16.4. The van der Waals surface area contributed by atoms with Crippen LogP contribution in [0.4, 0.5) is 11.5 Å². The predicted molar refractivity (Wildman–Crippen MR) is 107 cm³/mol. The van der Waals surface area contributed by atoms with Crippen molar-refractivity contribution in [2.24, 2.45) is 0 Å². The van der Waals surface area contributed by atoms with Gasteiger partial charge in [0.05, 0.1) is 17.4 Å². The number of thiol groups is 1. The monoisotopic (exact) mass is 350 g/mol. The number of benzene rings is 1. The molecule has 0 radical (unpaired) electrons. The SMILES string of the molecule is SC1CC1.c1ccc2ncc(Nc3nccc4c3CCNC4)cc2c1. The van der Waals surface area contributed by atoms with Gasteiger partial charge in [0, 0.05) is 28.9 Å². The van der Waals surface area contributed by atoms with Gasteiger partial charge in [-0.25, -0.2) is 4.98 Å². The van der Waals surface area contributed by atoms with Crippen molar-refractivity contribution in [1.29, 1.82) is 0 Å². The van der Waals surface area contributed by atoms with Gasteiger partial charge in [0.1, 0.15) is 5.82 Å². The zero-order chi connectivity index (χ0) is 17.1. The largest absolute Gasteiger partial charge is 0.339 e. The summed E-state index contributed by atoms with van der Waals surface area (Å²) in [5, 5.41) is 8.72. The van der Waals surface area contributed by atoms with Gasteiger partial charge >= 0.3 is 0 Å². The fraction of sp³-hybridized carbons (Fsp3) is 0.300. The molecule has 5 heteroatoms. The standard InChI is InChI=1S/C17H16N4.C3H6S/c1-2-4-16-12(3-1)9-14(11-20-16)21-17-15-6-7-18-10-13(15)5-8-19-17;4-3-1-2-3/h1-5,8-9,11,18H,6-7,10H2,(H,19,21);3-4H,1-2H2. The maximum atomic E-state index is 4.50. The average Bonchev–Trinajstić information content (AvgIpc) is 3.45. The molecule has 0 spiro atoms. The molecule has 3 aromatic rings. The molecule has 5 rings (SSSR count). The van der Waals surface area contributed by atoms with Crippen molar-refractivity contribution < 1.29 is 0 Å². The van der Waals surface area contributed by atoms with Crippen LogP contribution in [0.3, 0.4) is 0 Å². The summed E-state index contributed by atoms with van der Waals surface area (Å²) in [5.74, 6) is 0.950. The van der Waals surface area contributed by atoms with E-state index in [1.807, 2.05) is 30.6 Å². The van der Waals surface area contributed by atoms with E-state index in [0.717, 1.165) is 47.2 Å². The Morgan fingerprint density at radius 2 is 1.96 bits per heavy atom. The summed E-state index contributed by atoms with van der Waals surface area (Å²) < 4.78 is 0. The highest BCUT2D eigenvalue weighted by molar-refractivity contribution is 7.81.